The number of hydrogen-bond donors (Lipinski definition) is 2. The molecular weight excluding hydrogens is 608 g/mol. The van der Waals surface area contributed by atoms with Crippen LogP contribution in [0, 0.1) is 13.3 Å². The average molecular weight is 651 g/mol. The van der Waals surface area contributed by atoms with Crippen LogP contribution in [0.1, 0.15) is 27.2 Å². The Balaban J connectivity index is 0.000000206. The Kier molecular flexibility index (Phi) is 14.7. The fourth-order valence-electron chi connectivity index (χ4n) is 4.97. The number of allylic oxidation sites excluding steroid dienone is 2. The predicted octanol–water partition coefficient (Wildman–Crippen LogP) is 12.2. The summed E-state index contributed by atoms with van der Waals surface area (Å²) in [5.74, 6) is 0.666. The van der Waals surface area contributed by atoms with Gasteiger partial charge in [-0.2, -0.15) is 0 Å². The van der Waals surface area contributed by atoms with E-state index in [1.165, 1.54) is 11.1 Å². The minimum atomic E-state index is 0. The van der Waals surface area contributed by atoms with Crippen molar-refractivity contribution in [2.24, 2.45) is 0 Å². The third-order valence-electron chi connectivity index (χ3n) is 7.59. The normalized spacial score (nSPS) is 10.5. The molecule has 47 heavy (non-hydrogen) atoms. The predicted molar refractivity (Wildman–Crippen MR) is 196 cm³/mol. The minimum absolute atomic E-state index is 0. The molecule has 0 spiro atoms. The topological polar surface area (TPSA) is 40.5 Å². The number of para-hydroxylation sites is 2. The molecule has 0 radical (unpaired) electrons. The molecule has 0 saturated carbocycles. The van der Waals surface area contributed by atoms with Gasteiger partial charge in [0.25, 0.3) is 0 Å². The number of benzene rings is 6. The largest absolute Gasteiger partial charge is 2.00 e. The van der Waals surface area contributed by atoms with E-state index >= 15 is 0 Å². The zero-order chi connectivity index (χ0) is 32.7. The molecule has 6 aromatic rings. The van der Waals surface area contributed by atoms with Gasteiger partial charge in [0, 0.05) is 22.3 Å². The van der Waals surface area contributed by atoms with Gasteiger partial charge in [0.1, 0.15) is 11.5 Å². The summed E-state index contributed by atoms with van der Waals surface area (Å²) in [4.78, 5) is 0. The minimum Gasteiger partial charge on any atom is -0.507 e. The maximum atomic E-state index is 10.5. The first-order valence-corrected chi connectivity index (χ1v) is 15.6. The average Bonchev–Trinajstić information content (AvgIpc) is 3.11. The van der Waals surface area contributed by atoms with Gasteiger partial charge in [-0.3, -0.25) is 0 Å². The van der Waals surface area contributed by atoms with E-state index in [9.17, 15) is 10.2 Å². The van der Waals surface area contributed by atoms with E-state index in [2.05, 4.69) is 27.2 Å². The van der Waals surface area contributed by atoms with Crippen molar-refractivity contribution in [3.05, 3.63) is 182 Å². The molecular formula is C44H42O2Ti. The van der Waals surface area contributed by atoms with Gasteiger partial charge in [-0.25, -0.2) is 0 Å². The summed E-state index contributed by atoms with van der Waals surface area (Å²) in [6.07, 6.45) is 3.29. The van der Waals surface area contributed by atoms with Crippen molar-refractivity contribution >= 4 is 0 Å². The number of phenols is 2. The smallest absolute Gasteiger partial charge is 0.507 e. The van der Waals surface area contributed by atoms with Crippen LogP contribution in [0.25, 0.3) is 44.5 Å². The van der Waals surface area contributed by atoms with Gasteiger partial charge in [0.15, 0.2) is 0 Å². The second-order valence-corrected chi connectivity index (χ2v) is 10.9. The number of aromatic hydroxyl groups is 2. The molecule has 0 heterocycles. The first-order chi connectivity index (χ1) is 22.4. The van der Waals surface area contributed by atoms with Crippen LogP contribution in [0.5, 0.6) is 11.5 Å². The zero-order valence-corrected chi connectivity index (χ0v) is 29.0. The molecule has 0 aliphatic heterocycles. The third kappa shape index (κ3) is 10.3. The van der Waals surface area contributed by atoms with Crippen molar-refractivity contribution in [3.8, 4) is 56.0 Å². The van der Waals surface area contributed by atoms with E-state index in [0.717, 1.165) is 50.9 Å². The fourth-order valence-corrected chi connectivity index (χ4v) is 4.97. The van der Waals surface area contributed by atoms with E-state index in [1.54, 1.807) is 0 Å². The van der Waals surface area contributed by atoms with Gasteiger partial charge in [-0.05, 0) is 22.3 Å². The molecule has 2 nitrogen and oxygen atoms in total. The second kappa shape index (κ2) is 18.9. The molecule has 3 heteroatoms. The first kappa shape index (κ1) is 36.6. The van der Waals surface area contributed by atoms with E-state index < -0.39 is 0 Å². The summed E-state index contributed by atoms with van der Waals surface area (Å²) < 4.78 is 0. The van der Waals surface area contributed by atoms with E-state index in [0.29, 0.717) is 11.5 Å². The molecule has 0 saturated heterocycles. The molecule has 0 amide bonds. The Bertz CT molecular complexity index is 1570. The van der Waals surface area contributed by atoms with Crippen molar-refractivity contribution in [2.75, 3.05) is 0 Å². The summed E-state index contributed by atoms with van der Waals surface area (Å²) in [7, 11) is 0. The monoisotopic (exact) mass is 650 g/mol. The maximum absolute atomic E-state index is 10.5. The number of hydrogen-bond acceptors (Lipinski definition) is 2. The Labute approximate surface area is 296 Å². The standard InChI is InChI=1S/2C18H14O.C8H14.Ti/c2*19-18-16(14-8-3-1-4-9-14)12-7-13-17(18)15-10-5-2-6-11-15;1-5-6-8(4)7(2)3;/h2*1-13,19H;6H,2,5H2,1,3-4H3;/q;;-2;+2/b;;8-7+;. The first-order valence-electron chi connectivity index (χ1n) is 15.6. The molecule has 6 aromatic carbocycles. The Morgan fingerprint density at radius 2 is 0.723 bits per heavy atom. The van der Waals surface area contributed by atoms with E-state index in [4.69, 9.17) is 0 Å². The van der Waals surface area contributed by atoms with Crippen LogP contribution < -0.4 is 0 Å². The van der Waals surface area contributed by atoms with Crippen molar-refractivity contribution in [3.63, 3.8) is 0 Å². The molecule has 0 aromatic heterocycles. The third-order valence-corrected chi connectivity index (χ3v) is 7.59. The van der Waals surface area contributed by atoms with Gasteiger partial charge in [-0.1, -0.05) is 165 Å². The fraction of sp³-hybridized carbons (Fsp3) is 0.0909. The SMILES string of the molecule is Oc1c(-c2ccccc2)cccc1-c1ccccc1.Oc1c(-c2ccccc2)cccc1-c1ccccc1.[CH2-]/C(C)=C(/C)[CH-]CC.[Ti+2]. The molecule has 234 valence electrons. The molecule has 2 N–H and O–H groups in total. The van der Waals surface area contributed by atoms with Gasteiger partial charge in [0.2, 0.25) is 0 Å². The van der Waals surface area contributed by atoms with Gasteiger partial charge in [-0.15, -0.1) is 20.3 Å². The molecule has 0 bridgehead atoms. The second-order valence-electron chi connectivity index (χ2n) is 10.9. The Morgan fingerprint density at radius 1 is 0.468 bits per heavy atom. The quantitative estimate of drug-likeness (QED) is 0.139. The van der Waals surface area contributed by atoms with Gasteiger partial charge >= 0.3 is 21.7 Å². The van der Waals surface area contributed by atoms with Crippen molar-refractivity contribution in [2.45, 2.75) is 27.2 Å². The van der Waals surface area contributed by atoms with Gasteiger partial charge in [0.05, 0.1) is 0 Å². The molecule has 0 unspecified atom stereocenters. The Hall–Kier alpha value is -4.89. The molecule has 0 fully saturated rings. The van der Waals surface area contributed by atoms with Crippen LogP contribution in [0.2, 0.25) is 0 Å². The van der Waals surface area contributed by atoms with Crippen LogP contribution >= 0.6 is 0 Å². The van der Waals surface area contributed by atoms with Crippen LogP contribution in [0.4, 0.5) is 0 Å². The number of phenolic OH excluding ortho intramolecular Hbond substituents is 2. The van der Waals surface area contributed by atoms with E-state index in [1.807, 2.05) is 165 Å². The molecule has 0 aliphatic rings. The van der Waals surface area contributed by atoms with Crippen molar-refractivity contribution in [1.82, 2.24) is 0 Å². The summed E-state index contributed by atoms with van der Waals surface area (Å²) in [5.41, 5.74) is 10.0. The summed E-state index contributed by atoms with van der Waals surface area (Å²) in [5, 5.41) is 21.0. The Morgan fingerprint density at radius 3 is 0.915 bits per heavy atom. The van der Waals surface area contributed by atoms with E-state index in [-0.39, 0.29) is 21.7 Å². The zero-order valence-electron chi connectivity index (χ0n) is 27.4. The van der Waals surface area contributed by atoms with Crippen LogP contribution in [0.15, 0.2) is 169 Å². The summed E-state index contributed by atoms with van der Waals surface area (Å²) in [6.45, 7) is 10.1. The van der Waals surface area contributed by atoms with Crippen molar-refractivity contribution < 1.29 is 31.9 Å². The summed E-state index contributed by atoms with van der Waals surface area (Å²) in [6, 6.07) is 51.5. The van der Waals surface area contributed by atoms with Crippen molar-refractivity contribution in [1.29, 1.82) is 0 Å². The molecule has 0 aliphatic carbocycles. The van der Waals surface area contributed by atoms with Crippen LogP contribution in [-0.2, 0) is 21.7 Å². The van der Waals surface area contributed by atoms with Crippen LogP contribution in [-0.4, -0.2) is 10.2 Å². The summed E-state index contributed by atoms with van der Waals surface area (Å²) >= 11 is 0. The van der Waals surface area contributed by atoms with Crippen LogP contribution in [0.3, 0.4) is 0 Å². The van der Waals surface area contributed by atoms with Gasteiger partial charge < -0.3 is 34.7 Å². The maximum Gasteiger partial charge on any atom is 2.00 e. The molecule has 0 atom stereocenters. The number of rotatable bonds is 6. The molecule has 6 rings (SSSR count).